The van der Waals surface area contributed by atoms with Gasteiger partial charge in [0.15, 0.2) is 0 Å². The SMILES string of the molecule is CC(CNS(=O)(=O)c1ccc(Br)cc1F)C(N)=S. The molecule has 0 heterocycles. The first kappa shape index (κ1) is 15.5. The predicted molar refractivity (Wildman–Crippen MR) is 75.2 cm³/mol. The Morgan fingerprint density at radius 2 is 2.22 bits per heavy atom. The highest BCUT2D eigenvalue weighted by Gasteiger charge is 2.20. The summed E-state index contributed by atoms with van der Waals surface area (Å²) in [6.07, 6.45) is 0. The van der Waals surface area contributed by atoms with Gasteiger partial charge < -0.3 is 5.73 Å². The van der Waals surface area contributed by atoms with E-state index < -0.39 is 20.7 Å². The van der Waals surface area contributed by atoms with E-state index in [0.717, 1.165) is 6.07 Å². The Hall–Kier alpha value is -0.570. The highest BCUT2D eigenvalue weighted by atomic mass is 79.9. The number of hydrogen-bond donors (Lipinski definition) is 2. The molecule has 1 rings (SSSR count). The smallest absolute Gasteiger partial charge is 0.243 e. The second-order valence-electron chi connectivity index (χ2n) is 3.73. The van der Waals surface area contributed by atoms with Crippen LogP contribution in [0.4, 0.5) is 4.39 Å². The van der Waals surface area contributed by atoms with Gasteiger partial charge in [0.1, 0.15) is 10.7 Å². The van der Waals surface area contributed by atoms with Gasteiger partial charge in [0, 0.05) is 16.9 Å². The molecule has 8 heteroatoms. The summed E-state index contributed by atoms with van der Waals surface area (Å²) in [7, 11) is -3.90. The summed E-state index contributed by atoms with van der Waals surface area (Å²) in [4.78, 5) is -0.199. The van der Waals surface area contributed by atoms with Crippen molar-refractivity contribution in [3.63, 3.8) is 0 Å². The first-order chi connectivity index (χ1) is 8.24. The highest BCUT2D eigenvalue weighted by molar-refractivity contribution is 9.10. The second kappa shape index (κ2) is 6.05. The summed E-state index contributed by atoms with van der Waals surface area (Å²) in [5.41, 5.74) is 5.37. The van der Waals surface area contributed by atoms with Gasteiger partial charge in [-0.2, -0.15) is 0 Å². The Balaban J connectivity index is 2.90. The van der Waals surface area contributed by atoms with Gasteiger partial charge in [-0.25, -0.2) is 17.5 Å². The molecule has 0 spiro atoms. The zero-order valence-corrected chi connectivity index (χ0v) is 12.7. The number of thiocarbonyl (C=S) groups is 1. The number of halogens is 2. The molecular formula is C10H12BrFN2O2S2. The van der Waals surface area contributed by atoms with Crippen molar-refractivity contribution in [3.05, 3.63) is 28.5 Å². The molecule has 1 unspecified atom stereocenters. The van der Waals surface area contributed by atoms with Crippen molar-refractivity contribution < 1.29 is 12.8 Å². The Bertz CT molecular complexity index is 563. The highest BCUT2D eigenvalue weighted by Crippen LogP contribution is 2.19. The summed E-state index contributed by atoms with van der Waals surface area (Å²) in [6.45, 7) is 1.72. The molecule has 1 aromatic carbocycles. The van der Waals surface area contributed by atoms with Gasteiger partial charge in [0.25, 0.3) is 0 Å². The lowest BCUT2D eigenvalue weighted by Gasteiger charge is -2.12. The summed E-state index contributed by atoms with van der Waals surface area (Å²) >= 11 is 7.78. The number of sulfonamides is 1. The van der Waals surface area contributed by atoms with Gasteiger partial charge in [-0.15, -0.1) is 0 Å². The molecule has 4 nitrogen and oxygen atoms in total. The minimum absolute atomic E-state index is 0.0349. The Kier molecular flexibility index (Phi) is 5.20. The fourth-order valence-corrected chi connectivity index (χ4v) is 2.71. The number of hydrogen-bond acceptors (Lipinski definition) is 3. The largest absolute Gasteiger partial charge is 0.393 e. The molecule has 0 aliphatic carbocycles. The molecular weight excluding hydrogens is 343 g/mol. The van der Waals surface area contributed by atoms with Gasteiger partial charge >= 0.3 is 0 Å². The first-order valence-corrected chi connectivity index (χ1v) is 7.66. The zero-order chi connectivity index (χ0) is 13.9. The zero-order valence-electron chi connectivity index (χ0n) is 9.48. The van der Waals surface area contributed by atoms with E-state index in [2.05, 4.69) is 20.7 Å². The van der Waals surface area contributed by atoms with E-state index in [4.69, 9.17) is 18.0 Å². The maximum absolute atomic E-state index is 13.5. The molecule has 0 fully saturated rings. The third kappa shape index (κ3) is 3.98. The van der Waals surface area contributed by atoms with E-state index in [1.807, 2.05) is 0 Å². The standard InChI is InChI=1S/C10H12BrFN2O2S2/c1-6(10(13)17)5-14-18(15,16)9-3-2-7(11)4-8(9)12/h2-4,6,14H,5H2,1H3,(H2,13,17). The van der Waals surface area contributed by atoms with Crippen LogP contribution in [0, 0.1) is 11.7 Å². The maximum atomic E-state index is 13.5. The molecule has 0 saturated carbocycles. The van der Waals surface area contributed by atoms with E-state index in [9.17, 15) is 12.8 Å². The Labute approximate surface area is 119 Å². The lowest BCUT2D eigenvalue weighted by atomic mass is 10.2. The Morgan fingerprint density at radius 1 is 1.61 bits per heavy atom. The van der Waals surface area contributed by atoms with E-state index in [-0.39, 0.29) is 17.5 Å². The molecule has 0 amide bonds. The number of rotatable bonds is 5. The molecule has 0 aliphatic heterocycles. The van der Waals surface area contributed by atoms with Crippen molar-refractivity contribution in [2.24, 2.45) is 11.7 Å². The fraction of sp³-hybridized carbons (Fsp3) is 0.300. The van der Waals surface area contributed by atoms with Crippen LogP contribution in [-0.2, 0) is 10.0 Å². The van der Waals surface area contributed by atoms with E-state index >= 15 is 0 Å². The van der Waals surface area contributed by atoms with Crippen LogP contribution < -0.4 is 10.5 Å². The average Bonchev–Trinajstić information content (AvgIpc) is 2.25. The third-order valence-electron chi connectivity index (χ3n) is 2.25. The topological polar surface area (TPSA) is 72.2 Å². The molecule has 3 N–H and O–H groups in total. The monoisotopic (exact) mass is 354 g/mol. The minimum atomic E-state index is -3.90. The summed E-state index contributed by atoms with van der Waals surface area (Å²) < 4.78 is 39.9. The van der Waals surface area contributed by atoms with Gasteiger partial charge in [-0.05, 0) is 18.2 Å². The van der Waals surface area contributed by atoms with Crippen molar-refractivity contribution in [1.29, 1.82) is 0 Å². The normalized spacial score (nSPS) is 13.3. The molecule has 100 valence electrons. The second-order valence-corrected chi connectivity index (χ2v) is 6.85. The first-order valence-electron chi connectivity index (χ1n) is 4.98. The Morgan fingerprint density at radius 3 is 2.72 bits per heavy atom. The van der Waals surface area contributed by atoms with Crippen LogP contribution in [0.1, 0.15) is 6.92 Å². The lowest BCUT2D eigenvalue weighted by Crippen LogP contribution is -2.34. The quantitative estimate of drug-likeness (QED) is 0.790. The van der Waals surface area contributed by atoms with Crippen LogP contribution in [0.25, 0.3) is 0 Å². The maximum Gasteiger partial charge on any atom is 0.243 e. The summed E-state index contributed by atoms with van der Waals surface area (Å²) in [5.74, 6) is -1.12. The number of nitrogens with one attached hydrogen (secondary N) is 1. The van der Waals surface area contributed by atoms with Crippen molar-refractivity contribution >= 4 is 43.2 Å². The molecule has 1 atom stereocenters. The fourth-order valence-electron chi connectivity index (χ4n) is 1.11. The summed E-state index contributed by atoms with van der Waals surface area (Å²) in [6, 6.07) is 3.73. The van der Waals surface area contributed by atoms with Crippen LogP contribution >= 0.6 is 28.1 Å². The van der Waals surface area contributed by atoms with Crippen LogP contribution in [0.15, 0.2) is 27.6 Å². The molecule has 1 aromatic rings. The van der Waals surface area contributed by atoms with Gasteiger partial charge in [0.05, 0.1) is 4.99 Å². The number of nitrogens with two attached hydrogens (primary N) is 1. The van der Waals surface area contributed by atoms with Gasteiger partial charge in [-0.1, -0.05) is 35.1 Å². The predicted octanol–water partition coefficient (Wildman–Crippen LogP) is 1.79. The van der Waals surface area contributed by atoms with Crippen molar-refractivity contribution in [2.75, 3.05) is 6.54 Å². The van der Waals surface area contributed by atoms with Crippen LogP contribution in [0.2, 0.25) is 0 Å². The minimum Gasteiger partial charge on any atom is -0.393 e. The van der Waals surface area contributed by atoms with Crippen molar-refractivity contribution in [3.8, 4) is 0 Å². The molecule has 0 radical (unpaired) electrons. The van der Waals surface area contributed by atoms with Crippen molar-refractivity contribution in [1.82, 2.24) is 4.72 Å². The lowest BCUT2D eigenvalue weighted by molar-refractivity contribution is 0.552. The van der Waals surface area contributed by atoms with Gasteiger partial charge in [-0.3, -0.25) is 0 Å². The van der Waals surface area contributed by atoms with E-state index in [0.29, 0.717) is 4.47 Å². The van der Waals surface area contributed by atoms with Crippen LogP contribution in [0.3, 0.4) is 0 Å². The number of benzene rings is 1. The van der Waals surface area contributed by atoms with Gasteiger partial charge in [0.2, 0.25) is 10.0 Å². The van der Waals surface area contributed by atoms with Crippen molar-refractivity contribution in [2.45, 2.75) is 11.8 Å². The molecule has 0 bridgehead atoms. The molecule has 0 aliphatic rings. The molecule has 18 heavy (non-hydrogen) atoms. The van der Waals surface area contributed by atoms with Crippen LogP contribution in [0.5, 0.6) is 0 Å². The van der Waals surface area contributed by atoms with E-state index in [1.54, 1.807) is 6.92 Å². The molecule has 0 saturated heterocycles. The van der Waals surface area contributed by atoms with E-state index in [1.165, 1.54) is 12.1 Å². The summed E-state index contributed by atoms with van der Waals surface area (Å²) in [5, 5.41) is 0. The average molecular weight is 355 g/mol. The molecule has 0 aromatic heterocycles. The third-order valence-corrected chi connectivity index (χ3v) is 4.60. The van der Waals surface area contributed by atoms with Crippen LogP contribution in [-0.4, -0.2) is 20.0 Å².